The number of anilines is 1. The van der Waals surface area contributed by atoms with Gasteiger partial charge in [0.15, 0.2) is 15.2 Å². The van der Waals surface area contributed by atoms with Crippen molar-refractivity contribution in [3.05, 3.63) is 10.0 Å². The molecule has 6 heteroatoms. The third-order valence-electron chi connectivity index (χ3n) is 2.71. The lowest BCUT2D eigenvalue weighted by Gasteiger charge is -2.20. The molecule has 1 aromatic heterocycles. The number of nitrogens with zero attached hydrogens (tertiary/aromatic N) is 2. The SMILES string of the molecule is CCCN(CC1CC1)c1nc(Cl)c(C(=O)O)s1. The molecule has 1 N–H and O–H groups in total. The van der Waals surface area contributed by atoms with E-state index >= 15 is 0 Å². The van der Waals surface area contributed by atoms with Gasteiger partial charge in [-0.3, -0.25) is 0 Å². The average Bonchev–Trinajstić information content (AvgIpc) is 2.99. The van der Waals surface area contributed by atoms with Crippen molar-refractivity contribution in [2.24, 2.45) is 5.92 Å². The molecule has 94 valence electrons. The van der Waals surface area contributed by atoms with Gasteiger partial charge < -0.3 is 10.0 Å². The third-order valence-corrected chi connectivity index (χ3v) is 4.20. The topological polar surface area (TPSA) is 53.4 Å². The Balaban J connectivity index is 2.16. The van der Waals surface area contributed by atoms with E-state index in [0.29, 0.717) is 0 Å². The molecule has 0 aliphatic heterocycles. The summed E-state index contributed by atoms with van der Waals surface area (Å²) in [7, 11) is 0. The third kappa shape index (κ3) is 3.10. The summed E-state index contributed by atoms with van der Waals surface area (Å²) < 4.78 is 0. The summed E-state index contributed by atoms with van der Waals surface area (Å²) in [6, 6.07) is 0. The Hall–Kier alpha value is -0.810. The van der Waals surface area contributed by atoms with Gasteiger partial charge in [0.05, 0.1) is 0 Å². The van der Waals surface area contributed by atoms with Crippen LogP contribution in [0, 0.1) is 5.92 Å². The molecular formula is C11H15ClN2O2S. The maximum Gasteiger partial charge on any atom is 0.349 e. The first-order valence-electron chi connectivity index (χ1n) is 5.76. The van der Waals surface area contributed by atoms with E-state index in [9.17, 15) is 4.79 Å². The number of carbonyl (C=O) groups is 1. The van der Waals surface area contributed by atoms with E-state index in [1.165, 1.54) is 24.2 Å². The molecule has 0 spiro atoms. The second-order valence-corrected chi connectivity index (χ2v) is 5.65. The molecule has 1 aliphatic rings. The van der Waals surface area contributed by atoms with Crippen molar-refractivity contribution in [1.82, 2.24) is 4.98 Å². The van der Waals surface area contributed by atoms with Crippen molar-refractivity contribution in [1.29, 1.82) is 0 Å². The Bertz CT molecular complexity index is 418. The van der Waals surface area contributed by atoms with Gasteiger partial charge in [-0.15, -0.1) is 0 Å². The normalized spacial score (nSPS) is 14.9. The molecule has 0 saturated heterocycles. The number of carboxylic acid groups (broad SMARTS) is 1. The highest BCUT2D eigenvalue weighted by molar-refractivity contribution is 7.18. The standard InChI is InChI=1S/C11H15ClN2O2S/c1-2-5-14(6-7-3-4-7)11-13-9(12)8(17-11)10(15)16/h7H,2-6H2,1H3,(H,15,16). The Morgan fingerprint density at radius 1 is 1.65 bits per heavy atom. The monoisotopic (exact) mass is 274 g/mol. The minimum absolute atomic E-state index is 0.106. The Kier molecular flexibility index (Phi) is 3.89. The lowest BCUT2D eigenvalue weighted by Crippen LogP contribution is -2.26. The first-order chi connectivity index (χ1) is 8.11. The fraction of sp³-hybridized carbons (Fsp3) is 0.636. The summed E-state index contributed by atoms with van der Waals surface area (Å²) in [4.78, 5) is 17.4. The highest BCUT2D eigenvalue weighted by Crippen LogP contribution is 2.34. The van der Waals surface area contributed by atoms with Crippen molar-refractivity contribution in [2.75, 3.05) is 18.0 Å². The van der Waals surface area contributed by atoms with Crippen LogP contribution < -0.4 is 4.90 Å². The van der Waals surface area contributed by atoms with Gasteiger partial charge in [-0.1, -0.05) is 29.9 Å². The second kappa shape index (κ2) is 5.23. The molecule has 0 radical (unpaired) electrons. The van der Waals surface area contributed by atoms with E-state index < -0.39 is 5.97 Å². The van der Waals surface area contributed by atoms with Gasteiger partial charge in [0.1, 0.15) is 0 Å². The number of hydrogen-bond acceptors (Lipinski definition) is 4. The first-order valence-corrected chi connectivity index (χ1v) is 6.95. The van der Waals surface area contributed by atoms with E-state index in [-0.39, 0.29) is 10.0 Å². The molecule has 2 rings (SSSR count). The zero-order chi connectivity index (χ0) is 12.4. The summed E-state index contributed by atoms with van der Waals surface area (Å²) in [5.41, 5.74) is 0. The molecule has 17 heavy (non-hydrogen) atoms. The Morgan fingerprint density at radius 3 is 2.82 bits per heavy atom. The van der Waals surface area contributed by atoms with Gasteiger partial charge in [-0.25, -0.2) is 9.78 Å². The van der Waals surface area contributed by atoms with Gasteiger partial charge in [0, 0.05) is 13.1 Å². The van der Waals surface area contributed by atoms with Crippen LogP contribution in [-0.4, -0.2) is 29.1 Å². The second-order valence-electron chi connectivity index (χ2n) is 4.31. The van der Waals surface area contributed by atoms with Crippen molar-refractivity contribution in [3.63, 3.8) is 0 Å². The van der Waals surface area contributed by atoms with Crippen molar-refractivity contribution in [3.8, 4) is 0 Å². The number of aromatic nitrogens is 1. The maximum atomic E-state index is 10.9. The van der Waals surface area contributed by atoms with E-state index in [4.69, 9.17) is 16.7 Å². The van der Waals surface area contributed by atoms with Gasteiger partial charge in [-0.2, -0.15) is 0 Å². The van der Waals surface area contributed by atoms with Crippen molar-refractivity contribution < 1.29 is 9.90 Å². The number of thiazole rings is 1. The van der Waals surface area contributed by atoms with Crippen LogP contribution in [0.5, 0.6) is 0 Å². The molecule has 0 unspecified atom stereocenters. The van der Waals surface area contributed by atoms with Crippen LogP contribution >= 0.6 is 22.9 Å². The molecule has 1 fully saturated rings. The minimum atomic E-state index is -0.998. The van der Waals surface area contributed by atoms with Crippen LogP contribution in [0.25, 0.3) is 0 Å². The molecule has 0 amide bonds. The zero-order valence-electron chi connectivity index (χ0n) is 9.65. The van der Waals surface area contributed by atoms with Crippen molar-refractivity contribution in [2.45, 2.75) is 26.2 Å². The largest absolute Gasteiger partial charge is 0.477 e. The predicted octanol–water partition coefficient (Wildman–Crippen LogP) is 3.12. The molecule has 1 heterocycles. The quantitative estimate of drug-likeness (QED) is 0.866. The Labute approximate surface area is 109 Å². The first kappa shape index (κ1) is 12.6. The van der Waals surface area contributed by atoms with E-state index in [1.807, 2.05) is 0 Å². The highest BCUT2D eigenvalue weighted by atomic mass is 35.5. The molecule has 0 bridgehead atoms. The molecule has 0 atom stereocenters. The summed E-state index contributed by atoms with van der Waals surface area (Å²) in [6.45, 7) is 3.98. The van der Waals surface area contributed by atoms with Crippen LogP contribution in [-0.2, 0) is 0 Å². The van der Waals surface area contributed by atoms with E-state index in [1.54, 1.807) is 0 Å². The van der Waals surface area contributed by atoms with Gasteiger partial charge >= 0.3 is 5.97 Å². The number of aromatic carboxylic acids is 1. The number of halogens is 1. The number of hydrogen-bond donors (Lipinski definition) is 1. The van der Waals surface area contributed by atoms with Crippen LogP contribution in [0.3, 0.4) is 0 Å². The lowest BCUT2D eigenvalue weighted by atomic mass is 10.3. The lowest BCUT2D eigenvalue weighted by molar-refractivity contribution is 0.0702. The van der Waals surface area contributed by atoms with E-state index in [2.05, 4.69) is 16.8 Å². The predicted molar refractivity (Wildman–Crippen MR) is 69.3 cm³/mol. The fourth-order valence-corrected chi connectivity index (χ4v) is 2.86. The minimum Gasteiger partial charge on any atom is -0.477 e. The highest BCUT2D eigenvalue weighted by Gasteiger charge is 2.26. The van der Waals surface area contributed by atoms with Crippen molar-refractivity contribution >= 4 is 34.0 Å². The summed E-state index contributed by atoms with van der Waals surface area (Å²) in [5.74, 6) is -0.251. The van der Waals surface area contributed by atoms with E-state index in [0.717, 1.165) is 30.6 Å². The van der Waals surface area contributed by atoms with Crippen LogP contribution in [0.15, 0.2) is 0 Å². The summed E-state index contributed by atoms with van der Waals surface area (Å²) in [6.07, 6.45) is 3.56. The molecule has 1 aliphatic carbocycles. The molecule has 1 saturated carbocycles. The maximum absolute atomic E-state index is 10.9. The molecular weight excluding hydrogens is 260 g/mol. The van der Waals surface area contributed by atoms with Gasteiger partial charge in [-0.05, 0) is 25.2 Å². The van der Waals surface area contributed by atoms with Crippen LogP contribution in [0.2, 0.25) is 5.15 Å². The molecule has 0 aromatic carbocycles. The van der Waals surface area contributed by atoms with Crippen LogP contribution in [0.1, 0.15) is 35.9 Å². The average molecular weight is 275 g/mol. The zero-order valence-corrected chi connectivity index (χ0v) is 11.2. The smallest absolute Gasteiger partial charge is 0.349 e. The number of carboxylic acids is 1. The Morgan fingerprint density at radius 2 is 2.35 bits per heavy atom. The summed E-state index contributed by atoms with van der Waals surface area (Å²) in [5, 5.41) is 9.80. The molecule has 1 aromatic rings. The fourth-order valence-electron chi connectivity index (χ4n) is 1.71. The van der Waals surface area contributed by atoms with Gasteiger partial charge in [0.25, 0.3) is 0 Å². The molecule has 4 nitrogen and oxygen atoms in total. The number of rotatable bonds is 6. The van der Waals surface area contributed by atoms with Gasteiger partial charge in [0.2, 0.25) is 0 Å². The van der Waals surface area contributed by atoms with Crippen LogP contribution in [0.4, 0.5) is 5.13 Å². The summed E-state index contributed by atoms with van der Waals surface area (Å²) >= 11 is 7.00.